The molecule has 1 saturated heterocycles. The number of hydrogen-bond donors (Lipinski definition) is 0. The molecule has 1 aliphatic carbocycles. The predicted molar refractivity (Wildman–Crippen MR) is 80.1 cm³/mol. The van der Waals surface area contributed by atoms with E-state index in [2.05, 4.69) is 9.80 Å². The van der Waals surface area contributed by atoms with Gasteiger partial charge < -0.3 is 4.90 Å². The summed E-state index contributed by atoms with van der Waals surface area (Å²) in [5.41, 5.74) is 1.23. The molecule has 0 aromatic heterocycles. The van der Waals surface area contributed by atoms with Gasteiger partial charge >= 0.3 is 0 Å². The lowest BCUT2D eigenvalue weighted by molar-refractivity contribution is 0.173. The minimum atomic E-state index is -0.139. The first-order chi connectivity index (χ1) is 9.81. The standard InChI is InChI=1S/C17H25FN2/c18-16-6-4-15(5-7-16)14-20(17-8-9-17)13-12-19-10-2-1-3-11-19/h4-7,17H,1-3,8-14H2. The zero-order chi connectivity index (χ0) is 13.8. The highest BCUT2D eigenvalue weighted by Crippen LogP contribution is 2.28. The van der Waals surface area contributed by atoms with Crippen molar-refractivity contribution in [2.24, 2.45) is 0 Å². The summed E-state index contributed by atoms with van der Waals surface area (Å²) < 4.78 is 13.0. The van der Waals surface area contributed by atoms with Crippen LogP contribution in [0.1, 0.15) is 37.7 Å². The lowest BCUT2D eigenvalue weighted by atomic mass is 10.1. The van der Waals surface area contributed by atoms with Crippen LogP contribution in [0.4, 0.5) is 4.39 Å². The molecule has 0 N–H and O–H groups in total. The predicted octanol–water partition coefficient (Wildman–Crippen LogP) is 3.28. The Morgan fingerprint density at radius 2 is 1.75 bits per heavy atom. The van der Waals surface area contributed by atoms with Crippen molar-refractivity contribution in [3.63, 3.8) is 0 Å². The zero-order valence-electron chi connectivity index (χ0n) is 12.2. The lowest BCUT2D eigenvalue weighted by Crippen LogP contribution is -2.38. The summed E-state index contributed by atoms with van der Waals surface area (Å²) in [6.45, 7) is 5.86. The van der Waals surface area contributed by atoms with Crippen LogP contribution in [0.2, 0.25) is 0 Å². The van der Waals surface area contributed by atoms with Crippen molar-refractivity contribution >= 4 is 0 Å². The second-order valence-electron chi connectivity index (χ2n) is 6.23. The average molecular weight is 276 g/mol. The molecule has 1 aliphatic heterocycles. The molecule has 0 radical (unpaired) electrons. The van der Waals surface area contributed by atoms with Crippen molar-refractivity contribution in [1.82, 2.24) is 9.80 Å². The average Bonchev–Trinajstić information content (AvgIpc) is 3.31. The molecule has 20 heavy (non-hydrogen) atoms. The van der Waals surface area contributed by atoms with Crippen LogP contribution in [0.25, 0.3) is 0 Å². The largest absolute Gasteiger partial charge is 0.302 e. The van der Waals surface area contributed by atoms with E-state index in [0.29, 0.717) is 0 Å². The fraction of sp³-hybridized carbons (Fsp3) is 0.647. The van der Waals surface area contributed by atoms with Crippen molar-refractivity contribution in [3.05, 3.63) is 35.6 Å². The van der Waals surface area contributed by atoms with Gasteiger partial charge in [0.05, 0.1) is 0 Å². The smallest absolute Gasteiger partial charge is 0.123 e. The summed E-state index contributed by atoms with van der Waals surface area (Å²) in [5.74, 6) is -0.139. The van der Waals surface area contributed by atoms with Gasteiger partial charge in [-0.15, -0.1) is 0 Å². The topological polar surface area (TPSA) is 6.48 Å². The quantitative estimate of drug-likeness (QED) is 0.787. The minimum absolute atomic E-state index is 0.139. The van der Waals surface area contributed by atoms with Gasteiger partial charge in [0.1, 0.15) is 5.82 Å². The van der Waals surface area contributed by atoms with Crippen LogP contribution in [0.15, 0.2) is 24.3 Å². The molecule has 110 valence electrons. The number of nitrogens with zero attached hydrogens (tertiary/aromatic N) is 2. The molecule has 2 aliphatic rings. The first-order valence-electron chi connectivity index (χ1n) is 8.02. The molecule has 2 nitrogen and oxygen atoms in total. The number of likely N-dealkylation sites (tertiary alicyclic amines) is 1. The SMILES string of the molecule is Fc1ccc(CN(CCN2CCCCC2)C2CC2)cc1. The molecule has 1 aromatic carbocycles. The third-order valence-corrected chi connectivity index (χ3v) is 4.51. The Bertz CT molecular complexity index is 408. The Labute approximate surface area is 121 Å². The van der Waals surface area contributed by atoms with Gasteiger partial charge in [0, 0.05) is 25.7 Å². The van der Waals surface area contributed by atoms with E-state index in [1.54, 1.807) is 12.1 Å². The van der Waals surface area contributed by atoms with Crippen molar-refractivity contribution < 1.29 is 4.39 Å². The van der Waals surface area contributed by atoms with Crippen LogP contribution in [-0.2, 0) is 6.54 Å². The monoisotopic (exact) mass is 276 g/mol. The van der Waals surface area contributed by atoms with E-state index in [0.717, 1.165) is 19.1 Å². The van der Waals surface area contributed by atoms with Crippen molar-refractivity contribution in [2.75, 3.05) is 26.2 Å². The highest BCUT2D eigenvalue weighted by atomic mass is 19.1. The fourth-order valence-corrected chi connectivity index (χ4v) is 3.11. The molecule has 1 heterocycles. The van der Waals surface area contributed by atoms with Gasteiger partial charge in [-0.25, -0.2) is 4.39 Å². The molecule has 0 spiro atoms. The fourth-order valence-electron chi connectivity index (χ4n) is 3.11. The van der Waals surface area contributed by atoms with Gasteiger partial charge in [-0.05, 0) is 56.5 Å². The number of benzene rings is 1. The van der Waals surface area contributed by atoms with E-state index in [9.17, 15) is 4.39 Å². The second kappa shape index (κ2) is 6.68. The van der Waals surface area contributed by atoms with E-state index in [4.69, 9.17) is 0 Å². The van der Waals surface area contributed by atoms with Gasteiger partial charge in [0.15, 0.2) is 0 Å². The van der Waals surface area contributed by atoms with Crippen LogP contribution in [0, 0.1) is 5.82 Å². The molecule has 3 heteroatoms. The molecular formula is C17H25FN2. The number of rotatable bonds is 6. The molecule has 2 fully saturated rings. The van der Waals surface area contributed by atoms with E-state index in [1.807, 2.05) is 12.1 Å². The van der Waals surface area contributed by atoms with Crippen LogP contribution in [0.3, 0.4) is 0 Å². The molecule has 3 rings (SSSR count). The number of halogens is 1. The summed E-state index contributed by atoms with van der Waals surface area (Å²) in [6, 6.07) is 7.76. The molecule has 1 saturated carbocycles. The van der Waals surface area contributed by atoms with E-state index >= 15 is 0 Å². The van der Waals surface area contributed by atoms with Gasteiger partial charge in [0.2, 0.25) is 0 Å². The van der Waals surface area contributed by atoms with Crippen LogP contribution in [0.5, 0.6) is 0 Å². The van der Waals surface area contributed by atoms with E-state index < -0.39 is 0 Å². The Morgan fingerprint density at radius 3 is 2.40 bits per heavy atom. The van der Waals surface area contributed by atoms with Gasteiger partial charge in [-0.2, -0.15) is 0 Å². The first-order valence-corrected chi connectivity index (χ1v) is 8.02. The third kappa shape index (κ3) is 4.03. The van der Waals surface area contributed by atoms with Crippen molar-refractivity contribution in [1.29, 1.82) is 0 Å². The van der Waals surface area contributed by atoms with Gasteiger partial charge in [-0.1, -0.05) is 18.6 Å². The Kier molecular flexibility index (Phi) is 4.69. The minimum Gasteiger partial charge on any atom is -0.302 e. The summed E-state index contributed by atoms with van der Waals surface area (Å²) >= 11 is 0. The van der Waals surface area contributed by atoms with Crippen molar-refractivity contribution in [2.45, 2.75) is 44.7 Å². The normalized spacial score (nSPS) is 20.5. The zero-order valence-corrected chi connectivity index (χ0v) is 12.2. The maximum absolute atomic E-state index is 13.0. The Morgan fingerprint density at radius 1 is 1.05 bits per heavy atom. The molecule has 0 unspecified atom stereocenters. The Hall–Kier alpha value is -0.930. The molecule has 1 aromatic rings. The van der Waals surface area contributed by atoms with Crippen LogP contribution < -0.4 is 0 Å². The summed E-state index contributed by atoms with van der Waals surface area (Å²) in [7, 11) is 0. The third-order valence-electron chi connectivity index (χ3n) is 4.51. The van der Waals surface area contributed by atoms with E-state index in [1.165, 1.54) is 57.3 Å². The maximum atomic E-state index is 13.0. The highest BCUT2D eigenvalue weighted by molar-refractivity contribution is 5.16. The van der Waals surface area contributed by atoms with Gasteiger partial charge in [-0.3, -0.25) is 4.90 Å². The molecule has 0 bridgehead atoms. The first kappa shape index (κ1) is 14.0. The molecule has 0 amide bonds. The summed E-state index contributed by atoms with van der Waals surface area (Å²) in [5, 5.41) is 0. The summed E-state index contributed by atoms with van der Waals surface area (Å²) in [4.78, 5) is 5.19. The molecule has 0 atom stereocenters. The highest BCUT2D eigenvalue weighted by Gasteiger charge is 2.29. The molecular weight excluding hydrogens is 251 g/mol. The van der Waals surface area contributed by atoms with E-state index in [-0.39, 0.29) is 5.82 Å². The summed E-state index contributed by atoms with van der Waals surface area (Å²) in [6.07, 6.45) is 6.80. The number of hydrogen-bond acceptors (Lipinski definition) is 2. The number of piperidine rings is 1. The van der Waals surface area contributed by atoms with Crippen LogP contribution in [-0.4, -0.2) is 42.0 Å². The van der Waals surface area contributed by atoms with Crippen LogP contribution >= 0.6 is 0 Å². The lowest BCUT2D eigenvalue weighted by Gasteiger charge is -2.30. The maximum Gasteiger partial charge on any atom is 0.123 e. The van der Waals surface area contributed by atoms with Crippen molar-refractivity contribution in [3.8, 4) is 0 Å². The Balaban J connectivity index is 1.51. The second-order valence-corrected chi connectivity index (χ2v) is 6.23. The van der Waals surface area contributed by atoms with Gasteiger partial charge in [0.25, 0.3) is 0 Å².